The Balaban J connectivity index is 2.29. The number of aryl methyl sites for hydroxylation is 1. The fourth-order valence-corrected chi connectivity index (χ4v) is 1.76. The maximum atomic E-state index is 5.99. The van der Waals surface area contributed by atoms with Crippen LogP contribution in [0, 0.1) is 6.92 Å². The lowest BCUT2D eigenvalue weighted by Crippen LogP contribution is -2.25. The SMILES string of the molecule is CCC(N)C(C)c1nc(-c2cnccc2C)no1. The van der Waals surface area contributed by atoms with Gasteiger partial charge in [-0.2, -0.15) is 4.98 Å². The molecule has 2 unspecified atom stereocenters. The fraction of sp³-hybridized carbons (Fsp3) is 0.462. The van der Waals surface area contributed by atoms with Crippen LogP contribution in [0.5, 0.6) is 0 Å². The number of rotatable bonds is 4. The van der Waals surface area contributed by atoms with E-state index in [-0.39, 0.29) is 12.0 Å². The summed E-state index contributed by atoms with van der Waals surface area (Å²) in [7, 11) is 0. The molecular weight excluding hydrogens is 228 g/mol. The Morgan fingerprint density at radius 2 is 2.22 bits per heavy atom. The predicted octanol–water partition coefficient (Wildman–Crippen LogP) is 2.28. The number of hydrogen-bond donors (Lipinski definition) is 1. The van der Waals surface area contributed by atoms with E-state index in [0.717, 1.165) is 17.5 Å². The van der Waals surface area contributed by atoms with Crippen LogP contribution in [0.4, 0.5) is 0 Å². The van der Waals surface area contributed by atoms with Gasteiger partial charge in [0.15, 0.2) is 0 Å². The molecule has 0 saturated heterocycles. The highest BCUT2D eigenvalue weighted by Crippen LogP contribution is 2.23. The molecule has 0 spiro atoms. The van der Waals surface area contributed by atoms with Crippen molar-refractivity contribution in [1.29, 1.82) is 0 Å². The van der Waals surface area contributed by atoms with Crippen molar-refractivity contribution in [3.05, 3.63) is 29.9 Å². The largest absolute Gasteiger partial charge is 0.339 e. The summed E-state index contributed by atoms with van der Waals surface area (Å²) in [6.07, 6.45) is 4.37. The lowest BCUT2D eigenvalue weighted by atomic mass is 10.0. The maximum Gasteiger partial charge on any atom is 0.231 e. The van der Waals surface area contributed by atoms with Gasteiger partial charge in [0.1, 0.15) is 0 Å². The summed E-state index contributed by atoms with van der Waals surface area (Å²) in [6, 6.07) is 1.96. The number of nitrogens with two attached hydrogens (primary N) is 1. The van der Waals surface area contributed by atoms with Crippen molar-refractivity contribution in [3.63, 3.8) is 0 Å². The summed E-state index contributed by atoms with van der Waals surface area (Å²) in [4.78, 5) is 8.49. The molecule has 5 nitrogen and oxygen atoms in total. The highest BCUT2D eigenvalue weighted by molar-refractivity contribution is 5.57. The Bertz CT molecular complexity index is 523. The Morgan fingerprint density at radius 1 is 1.44 bits per heavy atom. The summed E-state index contributed by atoms with van der Waals surface area (Å²) in [5, 5.41) is 4.00. The van der Waals surface area contributed by atoms with Crippen LogP contribution in [-0.4, -0.2) is 21.2 Å². The van der Waals surface area contributed by atoms with E-state index < -0.39 is 0 Å². The summed E-state index contributed by atoms with van der Waals surface area (Å²) in [6.45, 7) is 6.04. The second-order valence-electron chi connectivity index (χ2n) is 4.51. The first-order valence-electron chi connectivity index (χ1n) is 6.13. The second-order valence-corrected chi connectivity index (χ2v) is 4.51. The quantitative estimate of drug-likeness (QED) is 0.895. The molecule has 0 radical (unpaired) electrons. The molecule has 96 valence electrons. The van der Waals surface area contributed by atoms with Gasteiger partial charge in [0.2, 0.25) is 11.7 Å². The molecule has 2 aromatic heterocycles. The summed E-state index contributed by atoms with van der Waals surface area (Å²) in [5.74, 6) is 1.22. The Kier molecular flexibility index (Phi) is 3.72. The third-order valence-corrected chi connectivity index (χ3v) is 3.22. The average Bonchev–Trinajstić information content (AvgIpc) is 2.87. The summed E-state index contributed by atoms with van der Waals surface area (Å²) < 4.78 is 5.29. The van der Waals surface area contributed by atoms with Gasteiger partial charge in [-0.05, 0) is 25.0 Å². The van der Waals surface area contributed by atoms with E-state index in [4.69, 9.17) is 10.3 Å². The highest BCUT2D eigenvalue weighted by atomic mass is 16.5. The number of hydrogen-bond acceptors (Lipinski definition) is 5. The zero-order valence-electron chi connectivity index (χ0n) is 10.9. The van der Waals surface area contributed by atoms with E-state index in [2.05, 4.69) is 15.1 Å². The van der Waals surface area contributed by atoms with E-state index in [1.54, 1.807) is 12.4 Å². The average molecular weight is 246 g/mol. The van der Waals surface area contributed by atoms with Crippen molar-refractivity contribution in [2.45, 2.75) is 39.2 Å². The molecule has 2 N–H and O–H groups in total. The molecule has 0 bridgehead atoms. The van der Waals surface area contributed by atoms with Crippen LogP contribution in [0.2, 0.25) is 0 Å². The molecule has 0 aliphatic carbocycles. The van der Waals surface area contributed by atoms with Crippen molar-refractivity contribution < 1.29 is 4.52 Å². The van der Waals surface area contributed by atoms with Crippen LogP contribution in [0.3, 0.4) is 0 Å². The highest BCUT2D eigenvalue weighted by Gasteiger charge is 2.20. The fourth-order valence-electron chi connectivity index (χ4n) is 1.76. The standard InChI is InChI=1S/C13H18N4O/c1-4-11(14)9(3)13-16-12(17-18-13)10-7-15-6-5-8(10)2/h5-7,9,11H,4,14H2,1-3H3. The maximum absolute atomic E-state index is 5.99. The van der Waals surface area contributed by atoms with E-state index in [1.807, 2.05) is 26.8 Å². The first-order valence-corrected chi connectivity index (χ1v) is 6.13. The number of aromatic nitrogens is 3. The predicted molar refractivity (Wildman–Crippen MR) is 68.9 cm³/mol. The molecular formula is C13H18N4O. The minimum absolute atomic E-state index is 0.0355. The Labute approximate surface area is 106 Å². The van der Waals surface area contributed by atoms with Crippen LogP contribution in [0.1, 0.15) is 37.6 Å². The molecule has 2 heterocycles. The van der Waals surface area contributed by atoms with Gasteiger partial charge in [-0.3, -0.25) is 4.98 Å². The summed E-state index contributed by atoms with van der Waals surface area (Å²) in [5.41, 5.74) is 7.95. The lowest BCUT2D eigenvalue weighted by molar-refractivity contribution is 0.340. The van der Waals surface area contributed by atoms with Crippen molar-refractivity contribution in [3.8, 4) is 11.4 Å². The van der Waals surface area contributed by atoms with Gasteiger partial charge >= 0.3 is 0 Å². The van der Waals surface area contributed by atoms with Crippen molar-refractivity contribution in [2.75, 3.05) is 0 Å². The van der Waals surface area contributed by atoms with Gasteiger partial charge in [0, 0.05) is 24.0 Å². The van der Waals surface area contributed by atoms with Crippen LogP contribution in [0.25, 0.3) is 11.4 Å². The van der Waals surface area contributed by atoms with Gasteiger partial charge in [0.25, 0.3) is 0 Å². The van der Waals surface area contributed by atoms with Gasteiger partial charge in [0.05, 0.1) is 5.92 Å². The van der Waals surface area contributed by atoms with Gasteiger partial charge < -0.3 is 10.3 Å². The number of nitrogens with zero attached hydrogens (tertiary/aromatic N) is 3. The zero-order valence-corrected chi connectivity index (χ0v) is 10.9. The lowest BCUT2D eigenvalue weighted by Gasteiger charge is -2.13. The van der Waals surface area contributed by atoms with E-state index in [0.29, 0.717) is 11.7 Å². The minimum Gasteiger partial charge on any atom is -0.339 e. The summed E-state index contributed by atoms with van der Waals surface area (Å²) >= 11 is 0. The third kappa shape index (κ3) is 2.41. The monoisotopic (exact) mass is 246 g/mol. The number of pyridine rings is 1. The molecule has 2 rings (SSSR count). The molecule has 0 saturated carbocycles. The normalized spacial score (nSPS) is 14.4. The molecule has 2 atom stereocenters. The minimum atomic E-state index is 0.0355. The van der Waals surface area contributed by atoms with Crippen molar-refractivity contribution >= 4 is 0 Å². The molecule has 0 aliphatic heterocycles. The van der Waals surface area contributed by atoms with Crippen LogP contribution in [-0.2, 0) is 0 Å². The topological polar surface area (TPSA) is 77.8 Å². The molecule has 0 fully saturated rings. The first kappa shape index (κ1) is 12.7. The Morgan fingerprint density at radius 3 is 2.89 bits per heavy atom. The second kappa shape index (κ2) is 5.27. The van der Waals surface area contributed by atoms with Crippen molar-refractivity contribution in [1.82, 2.24) is 15.1 Å². The molecule has 0 aliphatic rings. The van der Waals surface area contributed by atoms with E-state index in [9.17, 15) is 0 Å². The Hall–Kier alpha value is -1.75. The van der Waals surface area contributed by atoms with Crippen molar-refractivity contribution in [2.24, 2.45) is 5.73 Å². The van der Waals surface area contributed by atoms with Crippen LogP contribution >= 0.6 is 0 Å². The molecule has 2 aromatic rings. The smallest absolute Gasteiger partial charge is 0.231 e. The van der Waals surface area contributed by atoms with E-state index in [1.165, 1.54) is 0 Å². The molecule has 0 amide bonds. The first-order chi connectivity index (χ1) is 8.63. The molecule has 0 aromatic carbocycles. The van der Waals surface area contributed by atoms with Gasteiger partial charge in [-0.1, -0.05) is 19.0 Å². The van der Waals surface area contributed by atoms with Gasteiger partial charge in [-0.25, -0.2) is 0 Å². The molecule has 18 heavy (non-hydrogen) atoms. The van der Waals surface area contributed by atoms with E-state index >= 15 is 0 Å². The van der Waals surface area contributed by atoms with Crippen LogP contribution in [0.15, 0.2) is 23.0 Å². The zero-order chi connectivity index (χ0) is 13.1. The molecule has 5 heteroatoms. The van der Waals surface area contributed by atoms with Crippen LogP contribution < -0.4 is 5.73 Å². The van der Waals surface area contributed by atoms with Gasteiger partial charge in [-0.15, -0.1) is 0 Å². The third-order valence-electron chi connectivity index (χ3n) is 3.22.